The van der Waals surface area contributed by atoms with E-state index in [1.807, 2.05) is 12.4 Å². The highest BCUT2D eigenvalue weighted by atomic mass is 16.5. The summed E-state index contributed by atoms with van der Waals surface area (Å²) in [4.78, 5) is 9.25. The van der Waals surface area contributed by atoms with Crippen LogP contribution in [0, 0.1) is 0 Å². The number of hydrogen-bond donors (Lipinski definition) is 1. The molecular formula is C29H31N3O. The molecule has 168 valence electrons. The monoisotopic (exact) mass is 437 g/mol. The van der Waals surface area contributed by atoms with E-state index in [4.69, 9.17) is 4.74 Å². The van der Waals surface area contributed by atoms with Gasteiger partial charge in [-0.1, -0.05) is 43.8 Å². The van der Waals surface area contributed by atoms with Gasteiger partial charge in [-0.25, -0.2) is 0 Å². The van der Waals surface area contributed by atoms with Crippen LogP contribution in [0.2, 0.25) is 0 Å². The number of aryl methyl sites for hydroxylation is 2. The number of hydrogen-bond acceptors (Lipinski definition) is 4. The average Bonchev–Trinajstić information content (AvgIpc) is 2.85. The topological polar surface area (TPSA) is 47.0 Å². The number of benzene rings is 2. The first-order chi connectivity index (χ1) is 16.2. The van der Waals surface area contributed by atoms with Crippen LogP contribution in [-0.4, -0.2) is 17.1 Å². The van der Waals surface area contributed by atoms with Crippen molar-refractivity contribution in [3.63, 3.8) is 0 Å². The van der Waals surface area contributed by atoms with E-state index in [0.717, 1.165) is 65.8 Å². The van der Waals surface area contributed by atoms with Gasteiger partial charge >= 0.3 is 0 Å². The van der Waals surface area contributed by atoms with E-state index in [-0.39, 0.29) is 0 Å². The van der Waals surface area contributed by atoms with E-state index in [2.05, 4.69) is 89.5 Å². The van der Waals surface area contributed by atoms with Crippen LogP contribution in [0.1, 0.15) is 42.1 Å². The summed E-state index contributed by atoms with van der Waals surface area (Å²) in [6.45, 7) is 6.31. The summed E-state index contributed by atoms with van der Waals surface area (Å²) < 4.78 is 5.60. The molecule has 0 saturated carbocycles. The van der Waals surface area contributed by atoms with E-state index in [0.29, 0.717) is 0 Å². The molecule has 0 fully saturated rings. The van der Waals surface area contributed by atoms with Gasteiger partial charge in [0.15, 0.2) is 0 Å². The lowest BCUT2D eigenvalue weighted by Gasteiger charge is -2.12. The van der Waals surface area contributed by atoms with Crippen LogP contribution in [0.25, 0.3) is 10.9 Å². The van der Waals surface area contributed by atoms with E-state index in [1.54, 1.807) is 7.11 Å². The molecule has 2 aromatic heterocycles. The highest BCUT2D eigenvalue weighted by Crippen LogP contribution is 2.28. The predicted molar refractivity (Wildman–Crippen MR) is 137 cm³/mol. The Morgan fingerprint density at radius 1 is 1.00 bits per heavy atom. The highest BCUT2D eigenvalue weighted by molar-refractivity contribution is 5.85. The molecule has 0 amide bonds. The van der Waals surface area contributed by atoms with E-state index in [1.165, 1.54) is 16.7 Å². The lowest BCUT2D eigenvalue weighted by molar-refractivity contribution is 0.411. The van der Waals surface area contributed by atoms with Crippen LogP contribution < -0.4 is 10.1 Å². The predicted octanol–water partition coefficient (Wildman–Crippen LogP) is 6.74. The van der Waals surface area contributed by atoms with Gasteiger partial charge in [-0.3, -0.25) is 9.97 Å². The minimum Gasteiger partial charge on any atom is -0.496 e. The summed E-state index contributed by atoms with van der Waals surface area (Å²) in [6, 6.07) is 21.0. The Bertz CT molecular complexity index is 1220. The molecule has 4 heteroatoms. The number of fused-ring (bicyclic) bond motifs is 1. The second-order valence-electron chi connectivity index (χ2n) is 8.29. The Labute approximate surface area is 196 Å². The maximum Gasteiger partial charge on any atom is 0.122 e. The lowest BCUT2D eigenvalue weighted by Crippen LogP contribution is -2.01. The fourth-order valence-corrected chi connectivity index (χ4v) is 4.11. The molecule has 0 aliphatic carbocycles. The van der Waals surface area contributed by atoms with Crippen molar-refractivity contribution < 1.29 is 4.74 Å². The molecule has 0 aliphatic heterocycles. The molecule has 0 aliphatic rings. The molecule has 4 aromatic rings. The number of methoxy groups -OCH3 is 1. The van der Waals surface area contributed by atoms with Crippen molar-refractivity contribution in [2.45, 2.75) is 39.0 Å². The van der Waals surface area contributed by atoms with Gasteiger partial charge in [0, 0.05) is 29.4 Å². The number of nitrogens with zero attached hydrogens (tertiary/aromatic N) is 2. The summed E-state index contributed by atoms with van der Waals surface area (Å²) in [5.74, 6) is 0.914. The Hall–Kier alpha value is -3.66. The fourth-order valence-electron chi connectivity index (χ4n) is 4.11. The summed E-state index contributed by atoms with van der Waals surface area (Å²) in [5, 5.41) is 4.51. The maximum absolute atomic E-state index is 5.60. The van der Waals surface area contributed by atoms with Crippen LogP contribution in [0.3, 0.4) is 0 Å². The maximum atomic E-state index is 5.60. The Morgan fingerprint density at radius 2 is 1.85 bits per heavy atom. The van der Waals surface area contributed by atoms with Crippen molar-refractivity contribution in [1.82, 2.24) is 9.97 Å². The zero-order valence-electron chi connectivity index (χ0n) is 19.5. The largest absolute Gasteiger partial charge is 0.496 e. The third-order valence-corrected chi connectivity index (χ3v) is 5.92. The number of allylic oxidation sites excluding steroid dienone is 1. The van der Waals surface area contributed by atoms with Gasteiger partial charge in [0.25, 0.3) is 0 Å². The first-order valence-corrected chi connectivity index (χ1v) is 11.5. The first-order valence-electron chi connectivity index (χ1n) is 11.5. The van der Waals surface area contributed by atoms with E-state index in [9.17, 15) is 0 Å². The van der Waals surface area contributed by atoms with Crippen LogP contribution >= 0.6 is 0 Å². The van der Waals surface area contributed by atoms with Crippen LogP contribution in [0.5, 0.6) is 5.75 Å². The smallest absolute Gasteiger partial charge is 0.122 e. The second kappa shape index (κ2) is 10.8. The van der Waals surface area contributed by atoms with Crippen LogP contribution in [0.15, 0.2) is 85.3 Å². The first kappa shape index (κ1) is 22.5. The lowest BCUT2D eigenvalue weighted by atomic mass is 10.0. The van der Waals surface area contributed by atoms with Gasteiger partial charge in [0.2, 0.25) is 0 Å². The zero-order chi connectivity index (χ0) is 23.0. The van der Waals surface area contributed by atoms with E-state index < -0.39 is 0 Å². The standard InChI is InChI=1S/C29H31N3O/c1-4-23-18-28-27(19-29(23)33-3)24(15-16-30-28)17-25-13-14-26(20-31-25)32-21(2)9-8-12-22-10-6-5-7-11-22/h5-7,10-11,13-16,18-20,32H,2,4,8-9,12,17H2,1,3H3. The van der Waals surface area contributed by atoms with Crippen molar-refractivity contribution in [3.8, 4) is 5.75 Å². The molecule has 0 atom stereocenters. The number of aromatic nitrogens is 2. The second-order valence-corrected chi connectivity index (χ2v) is 8.29. The molecule has 33 heavy (non-hydrogen) atoms. The van der Waals surface area contributed by atoms with Gasteiger partial charge < -0.3 is 10.1 Å². The van der Waals surface area contributed by atoms with Crippen molar-refractivity contribution in [3.05, 3.63) is 108 Å². The van der Waals surface area contributed by atoms with Crippen molar-refractivity contribution in [2.75, 3.05) is 12.4 Å². The summed E-state index contributed by atoms with van der Waals surface area (Å²) in [6.07, 6.45) is 8.48. The van der Waals surface area contributed by atoms with Gasteiger partial charge in [0.05, 0.1) is 24.5 Å². The van der Waals surface area contributed by atoms with Crippen molar-refractivity contribution in [2.24, 2.45) is 0 Å². The van der Waals surface area contributed by atoms with E-state index >= 15 is 0 Å². The number of anilines is 1. The molecule has 0 unspecified atom stereocenters. The minimum absolute atomic E-state index is 0.742. The molecule has 0 radical (unpaired) electrons. The molecule has 0 saturated heterocycles. The normalized spacial score (nSPS) is 10.8. The Kier molecular flexibility index (Phi) is 7.36. The molecule has 4 nitrogen and oxygen atoms in total. The quantitative estimate of drug-likeness (QED) is 0.298. The van der Waals surface area contributed by atoms with Crippen molar-refractivity contribution in [1.29, 1.82) is 0 Å². The minimum atomic E-state index is 0.742. The Morgan fingerprint density at radius 3 is 2.58 bits per heavy atom. The fraction of sp³-hybridized carbons (Fsp3) is 0.241. The highest BCUT2D eigenvalue weighted by Gasteiger charge is 2.10. The molecule has 0 spiro atoms. The molecular weight excluding hydrogens is 406 g/mol. The molecule has 1 N–H and O–H groups in total. The number of pyridine rings is 2. The van der Waals surface area contributed by atoms with Gasteiger partial charge in [-0.2, -0.15) is 0 Å². The molecule has 2 aromatic carbocycles. The van der Waals surface area contributed by atoms with Crippen LogP contribution in [0.4, 0.5) is 5.69 Å². The molecule has 0 bridgehead atoms. The van der Waals surface area contributed by atoms with Gasteiger partial charge in [-0.15, -0.1) is 0 Å². The zero-order valence-corrected chi connectivity index (χ0v) is 19.5. The summed E-state index contributed by atoms with van der Waals surface area (Å²) in [7, 11) is 1.72. The molecule has 2 heterocycles. The number of rotatable bonds is 10. The third-order valence-electron chi connectivity index (χ3n) is 5.92. The summed E-state index contributed by atoms with van der Waals surface area (Å²) >= 11 is 0. The summed E-state index contributed by atoms with van der Waals surface area (Å²) in [5.41, 5.74) is 7.73. The van der Waals surface area contributed by atoms with Crippen LogP contribution in [-0.2, 0) is 19.3 Å². The van der Waals surface area contributed by atoms with Gasteiger partial charge in [-0.05, 0) is 72.7 Å². The van der Waals surface area contributed by atoms with Crippen molar-refractivity contribution >= 4 is 16.6 Å². The number of ether oxygens (including phenoxy) is 1. The number of nitrogens with one attached hydrogen (secondary N) is 1. The SMILES string of the molecule is C=C(CCCc1ccccc1)Nc1ccc(Cc2ccnc3cc(CC)c(OC)cc23)nc1. The average molecular weight is 438 g/mol. The Balaban J connectivity index is 1.38. The van der Waals surface area contributed by atoms with Gasteiger partial charge in [0.1, 0.15) is 5.75 Å². The third kappa shape index (κ3) is 5.78. The molecule has 4 rings (SSSR count).